The van der Waals surface area contributed by atoms with Crippen LogP contribution in [0.2, 0.25) is 0 Å². The minimum Gasteiger partial charge on any atom is -0.465 e. The molecule has 0 bridgehead atoms. The van der Waals surface area contributed by atoms with Crippen LogP contribution in [0.15, 0.2) is 23.1 Å². The largest absolute Gasteiger partial charge is 0.465 e. The number of thioether (sulfide) groups is 1. The van der Waals surface area contributed by atoms with Gasteiger partial charge < -0.3 is 4.74 Å². The van der Waals surface area contributed by atoms with Crippen LogP contribution in [0.4, 0.5) is 0 Å². The van der Waals surface area contributed by atoms with E-state index in [4.69, 9.17) is 4.74 Å². The van der Waals surface area contributed by atoms with E-state index in [1.165, 1.54) is 16.0 Å². The molecule has 1 atom stereocenters. The van der Waals surface area contributed by atoms with Gasteiger partial charge in [-0.15, -0.1) is 11.8 Å². The van der Waals surface area contributed by atoms with Crippen molar-refractivity contribution in [1.29, 1.82) is 0 Å². The molecule has 3 heteroatoms. The molecule has 0 saturated carbocycles. The molecule has 0 N–H and O–H groups in total. The molecule has 1 unspecified atom stereocenters. The highest BCUT2D eigenvalue weighted by Gasteiger charge is 2.36. The van der Waals surface area contributed by atoms with Crippen molar-refractivity contribution < 1.29 is 9.53 Å². The Morgan fingerprint density at radius 2 is 1.41 bits per heavy atom. The van der Waals surface area contributed by atoms with Gasteiger partial charge in [0, 0.05) is 4.90 Å². The van der Waals surface area contributed by atoms with Crippen LogP contribution in [0.25, 0.3) is 0 Å². The van der Waals surface area contributed by atoms with Crippen LogP contribution in [0.1, 0.15) is 99.1 Å². The molecule has 0 fully saturated rings. The Bertz CT molecular complexity index is 590. The van der Waals surface area contributed by atoms with Crippen molar-refractivity contribution in [2.75, 3.05) is 6.61 Å². The van der Waals surface area contributed by atoms with E-state index in [0.717, 1.165) is 25.7 Å². The highest BCUT2D eigenvalue weighted by Crippen LogP contribution is 2.41. The number of ether oxygens (including phenoxy) is 1. The molecule has 1 rings (SSSR count). The summed E-state index contributed by atoms with van der Waals surface area (Å²) < 4.78 is 5.02. The van der Waals surface area contributed by atoms with Crippen molar-refractivity contribution >= 4 is 17.7 Å². The third-order valence-electron chi connectivity index (χ3n) is 4.86. The Hall–Kier alpha value is -0.960. The predicted molar refractivity (Wildman–Crippen MR) is 119 cm³/mol. The van der Waals surface area contributed by atoms with Crippen molar-refractivity contribution in [2.45, 2.75) is 108 Å². The number of hydrogen-bond acceptors (Lipinski definition) is 3. The fourth-order valence-corrected chi connectivity index (χ4v) is 4.12. The summed E-state index contributed by atoms with van der Waals surface area (Å²) in [6.45, 7) is 20.2. The topological polar surface area (TPSA) is 26.3 Å². The first kappa shape index (κ1) is 24.1. The number of unbranched alkanes of at least 4 members (excludes halogenated alkanes) is 1. The number of benzene rings is 1. The molecular formula is C24H40O2S. The summed E-state index contributed by atoms with van der Waals surface area (Å²) >= 11 is 1.68. The summed E-state index contributed by atoms with van der Waals surface area (Å²) in [5.74, 6) is -0.0822. The van der Waals surface area contributed by atoms with Crippen LogP contribution >= 0.6 is 11.8 Å². The molecular weight excluding hydrogens is 352 g/mol. The maximum atomic E-state index is 12.9. The van der Waals surface area contributed by atoms with Gasteiger partial charge in [0.1, 0.15) is 4.75 Å². The zero-order valence-corrected chi connectivity index (χ0v) is 19.8. The third kappa shape index (κ3) is 7.18. The fourth-order valence-electron chi connectivity index (χ4n) is 2.84. The lowest BCUT2D eigenvalue weighted by Crippen LogP contribution is -2.34. The number of carbonyl (C=O) groups is 1. The smallest absolute Gasteiger partial charge is 0.322 e. The van der Waals surface area contributed by atoms with Gasteiger partial charge in [-0.1, -0.05) is 74.3 Å². The standard InChI is InChI=1S/C24H40O2S/c1-10-12-13-24(9,21(25)26-14-11-2)27-20-16-18(22(3,4)5)15-19(17-20)23(6,7)8/h15-17H,10-14H2,1-9H3. The number of hydrogen-bond donors (Lipinski definition) is 0. The van der Waals surface area contributed by atoms with Crippen LogP contribution in [-0.2, 0) is 20.4 Å². The molecule has 1 aromatic carbocycles. The number of rotatable bonds is 8. The van der Waals surface area contributed by atoms with E-state index >= 15 is 0 Å². The van der Waals surface area contributed by atoms with Crippen molar-refractivity contribution in [1.82, 2.24) is 0 Å². The minimum absolute atomic E-state index is 0.0686. The molecule has 154 valence electrons. The maximum absolute atomic E-state index is 12.9. The maximum Gasteiger partial charge on any atom is 0.322 e. The fraction of sp³-hybridized carbons (Fsp3) is 0.708. The summed E-state index contributed by atoms with van der Waals surface area (Å²) in [6.07, 6.45) is 3.79. The minimum atomic E-state index is -0.545. The van der Waals surface area contributed by atoms with E-state index in [0.29, 0.717) is 6.61 Å². The summed E-state index contributed by atoms with van der Waals surface area (Å²) in [4.78, 5) is 14.0. The first-order valence-electron chi connectivity index (χ1n) is 10.4. The summed E-state index contributed by atoms with van der Waals surface area (Å²) in [5.41, 5.74) is 2.77. The Kier molecular flexibility index (Phi) is 8.47. The van der Waals surface area contributed by atoms with Gasteiger partial charge in [0.2, 0.25) is 0 Å². The quantitative estimate of drug-likeness (QED) is 0.343. The molecule has 0 aliphatic rings. The van der Waals surface area contributed by atoms with Gasteiger partial charge in [0.05, 0.1) is 6.61 Å². The van der Waals surface area contributed by atoms with Gasteiger partial charge in [0.15, 0.2) is 0 Å². The normalized spacial score (nSPS) is 14.7. The summed E-state index contributed by atoms with van der Waals surface area (Å²) in [5, 5.41) is 0. The second-order valence-electron chi connectivity index (χ2n) is 9.82. The van der Waals surface area contributed by atoms with Crippen LogP contribution < -0.4 is 0 Å². The molecule has 0 aliphatic heterocycles. The lowest BCUT2D eigenvalue weighted by atomic mass is 9.81. The van der Waals surface area contributed by atoms with Gasteiger partial charge in [-0.2, -0.15) is 0 Å². The van der Waals surface area contributed by atoms with Crippen LogP contribution in [0, 0.1) is 0 Å². The highest BCUT2D eigenvalue weighted by molar-refractivity contribution is 8.01. The Morgan fingerprint density at radius 1 is 0.889 bits per heavy atom. The average Bonchev–Trinajstić information content (AvgIpc) is 2.56. The van der Waals surface area contributed by atoms with E-state index in [1.54, 1.807) is 11.8 Å². The van der Waals surface area contributed by atoms with Crippen molar-refractivity contribution in [3.8, 4) is 0 Å². The monoisotopic (exact) mass is 392 g/mol. The zero-order valence-electron chi connectivity index (χ0n) is 19.0. The number of carbonyl (C=O) groups excluding carboxylic acids is 1. The summed E-state index contributed by atoms with van der Waals surface area (Å²) in [6, 6.07) is 6.84. The first-order chi connectivity index (χ1) is 12.3. The van der Waals surface area contributed by atoms with Crippen LogP contribution in [0.3, 0.4) is 0 Å². The van der Waals surface area contributed by atoms with Crippen LogP contribution in [-0.4, -0.2) is 17.3 Å². The molecule has 27 heavy (non-hydrogen) atoms. The Morgan fingerprint density at radius 3 is 1.81 bits per heavy atom. The first-order valence-corrected chi connectivity index (χ1v) is 11.2. The predicted octanol–water partition coefficient (Wildman–Crippen LogP) is 7.28. The van der Waals surface area contributed by atoms with E-state index in [9.17, 15) is 4.79 Å². The van der Waals surface area contributed by atoms with Gasteiger partial charge in [-0.05, 0) is 53.9 Å². The van der Waals surface area contributed by atoms with E-state index < -0.39 is 4.75 Å². The van der Waals surface area contributed by atoms with Gasteiger partial charge >= 0.3 is 5.97 Å². The number of esters is 1. The molecule has 0 aromatic heterocycles. The molecule has 0 amide bonds. The lowest BCUT2D eigenvalue weighted by molar-refractivity contribution is -0.146. The second-order valence-corrected chi connectivity index (χ2v) is 11.4. The van der Waals surface area contributed by atoms with E-state index in [2.05, 4.69) is 66.7 Å². The Balaban J connectivity index is 3.32. The molecule has 2 nitrogen and oxygen atoms in total. The molecule has 0 radical (unpaired) electrons. The lowest BCUT2D eigenvalue weighted by Gasteiger charge is -2.30. The molecule has 1 aromatic rings. The van der Waals surface area contributed by atoms with E-state index in [-0.39, 0.29) is 16.8 Å². The van der Waals surface area contributed by atoms with Crippen molar-refractivity contribution in [3.63, 3.8) is 0 Å². The molecule has 0 aliphatic carbocycles. The van der Waals surface area contributed by atoms with Gasteiger partial charge in [-0.25, -0.2) is 0 Å². The van der Waals surface area contributed by atoms with E-state index in [1.807, 2.05) is 13.8 Å². The molecule has 0 heterocycles. The van der Waals surface area contributed by atoms with Crippen molar-refractivity contribution in [3.05, 3.63) is 29.3 Å². The molecule has 0 spiro atoms. The highest BCUT2D eigenvalue weighted by atomic mass is 32.2. The van der Waals surface area contributed by atoms with Gasteiger partial charge in [-0.3, -0.25) is 4.79 Å². The molecule has 0 saturated heterocycles. The second kappa shape index (κ2) is 9.49. The van der Waals surface area contributed by atoms with Crippen molar-refractivity contribution in [2.24, 2.45) is 0 Å². The third-order valence-corrected chi connectivity index (χ3v) is 6.15. The zero-order chi connectivity index (χ0) is 20.9. The van der Waals surface area contributed by atoms with Gasteiger partial charge in [0.25, 0.3) is 0 Å². The van der Waals surface area contributed by atoms with Crippen LogP contribution in [0.5, 0.6) is 0 Å². The SMILES string of the molecule is CCCCC(C)(Sc1cc(C(C)(C)C)cc(C(C)(C)C)c1)C(=O)OCCC. The summed E-state index contributed by atoms with van der Waals surface area (Å²) in [7, 11) is 0. The Labute approximate surface area is 171 Å². The average molecular weight is 393 g/mol.